The second-order valence-corrected chi connectivity index (χ2v) is 7.40. The van der Waals surface area contributed by atoms with Crippen molar-refractivity contribution in [1.29, 1.82) is 0 Å². The molecule has 3 nitrogen and oxygen atoms in total. The van der Waals surface area contributed by atoms with Gasteiger partial charge in [0.15, 0.2) is 5.96 Å². The van der Waals surface area contributed by atoms with Crippen molar-refractivity contribution in [3.05, 3.63) is 56.7 Å². The fourth-order valence-electron chi connectivity index (χ4n) is 2.58. The lowest BCUT2D eigenvalue weighted by Crippen LogP contribution is -2.38. The van der Waals surface area contributed by atoms with Gasteiger partial charge in [0.1, 0.15) is 0 Å². The van der Waals surface area contributed by atoms with Gasteiger partial charge in [-0.15, -0.1) is 35.3 Å². The minimum absolute atomic E-state index is 0. The van der Waals surface area contributed by atoms with E-state index < -0.39 is 0 Å². The molecule has 1 fully saturated rings. The van der Waals surface area contributed by atoms with Crippen LogP contribution in [0, 0.1) is 6.92 Å². The van der Waals surface area contributed by atoms with Crippen molar-refractivity contribution >= 4 is 52.9 Å². The van der Waals surface area contributed by atoms with Gasteiger partial charge in [-0.3, -0.25) is 4.99 Å². The molecule has 2 aromatic rings. The van der Waals surface area contributed by atoms with E-state index in [1.165, 1.54) is 15.3 Å². The Bertz CT molecular complexity index is 686. The molecule has 1 aromatic heterocycles. The Balaban J connectivity index is 0.00000192. The van der Waals surface area contributed by atoms with E-state index >= 15 is 0 Å². The van der Waals surface area contributed by atoms with Gasteiger partial charge >= 0.3 is 0 Å². The first-order valence-corrected chi connectivity index (χ1v) is 8.63. The maximum Gasteiger partial charge on any atom is 0.191 e. The highest BCUT2D eigenvalue weighted by Crippen LogP contribution is 2.41. The van der Waals surface area contributed by atoms with Crippen LogP contribution in [0.2, 0.25) is 5.02 Å². The van der Waals surface area contributed by atoms with Crippen LogP contribution in [0.3, 0.4) is 0 Å². The molecule has 1 aliphatic carbocycles. The summed E-state index contributed by atoms with van der Waals surface area (Å²) < 4.78 is 0. The highest BCUT2D eigenvalue weighted by atomic mass is 127. The van der Waals surface area contributed by atoms with E-state index in [1.54, 1.807) is 0 Å². The Morgan fingerprint density at radius 2 is 2.17 bits per heavy atom. The van der Waals surface area contributed by atoms with E-state index in [9.17, 15) is 0 Å². The van der Waals surface area contributed by atoms with Gasteiger partial charge in [-0.2, -0.15) is 0 Å². The average Bonchev–Trinajstić information content (AvgIpc) is 3.16. The molecule has 23 heavy (non-hydrogen) atoms. The molecular weight excluding hydrogens is 441 g/mol. The van der Waals surface area contributed by atoms with Crippen LogP contribution in [-0.4, -0.2) is 19.0 Å². The second-order valence-electron chi connectivity index (χ2n) is 5.59. The quantitative estimate of drug-likeness (QED) is 0.398. The maximum atomic E-state index is 6.06. The lowest BCUT2D eigenvalue weighted by molar-refractivity contribution is 0.795. The van der Waals surface area contributed by atoms with Crippen LogP contribution < -0.4 is 10.6 Å². The molecular formula is C17H21ClIN3S. The first kappa shape index (κ1) is 18.5. The lowest BCUT2D eigenvalue weighted by atomic mass is 10.1. The molecule has 1 aromatic carbocycles. The first-order valence-electron chi connectivity index (χ1n) is 7.43. The molecule has 0 aliphatic heterocycles. The maximum absolute atomic E-state index is 6.06. The fourth-order valence-corrected chi connectivity index (χ4v) is 3.61. The molecule has 1 aliphatic rings. The molecule has 3 rings (SSSR count). The molecule has 0 saturated heterocycles. The van der Waals surface area contributed by atoms with E-state index in [1.807, 2.05) is 30.5 Å². The van der Waals surface area contributed by atoms with Gasteiger partial charge in [-0.1, -0.05) is 23.7 Å². The van der Waals surface area contributed by atoms with E-state index in [-0.39, 0.29) is 24.0 Å². The normalized spacial score (nSPS) is 19.9. The van der Waals surface area contributed by atoms with Crippen LogP contribution in [0.1, 0.15) is 27.7 Å². The van der Waals surface area contributed by atoms with Crippen molar-refractivity contribution in [3.8, 4) is 0 Å². The van der Waals surface area contributed by atoms with Crippen molar-refractivity contribution in [1.82, 2.24) is 10.6 Å². The molecule has 0 spiro atoms. The Hall–Kier alpha value is -0.790. The number of aryl methyl sites for hydroxylation is 1. The van der Waals surface area contributed by atoms with Gasteiger partial charge in [-0.05, 0) is 43.2 Å². The number of nitrogens with zero attached hydrogens (tertiary/aromatic N) is 1. The van der Waals surface area contributed by atoms with E-state index in [0.29, 0.717) is 12.0 Å². The molecule has 2 atom stereocenters. The molecule has 0 bridgehead atoms. The number of hydrogen-bond donors (Lipinski definition) is 2. The fraction of sp³-hybridized carbons (Fsp3) is 0.353. The zero-order valence-electron chi connectivity index (χ0n) is 13.2. The number of aliphatic imine (C=N–C) groups is 1. The van der Waals surface area contributed by atoms with Crippen molar-refractivity contribution in [3.63, 3.8) is 0 Å². The van der Waals surface area contributed by atoms with Gasteiger partial charge in [0.25, 0.3) is 0 Å². The van der Waals surface area contributed by atoms with Gasteiger partial charge < -0.3 is 10.6 Å². The summed E-state index contributed by atoms with van der Waals surface area (Å²) in [6.45, 7) is 2.94. The molecule has 1 heterocycles. The Kier molecular flexibility index (Phi) is 6.73. The zero-order chi connectivity index (χ0) is 15.5. The van der Waals surface area contributed by atoms with Gasteiger partial charge in [0.2, 0.25) is 0 Å². The summed E-state index contributed by atoms with van der Waals surface area (Å²) in [4.78, 5) is 6.97. The molecule has 2 unspecified atom stereocenters. The average molecular weight is 462 g/mol. The summed E-state index contributed by atoms with van der Waals surface area (Å²) in [7, 11) is 1.81. The van der Waals surface area contributed by atoms with E-state index in [4.69, 9.17) is 11.6 Å². The van der Waals surface area contributed by atoms with Crippen LogP contribution in [0.4, 0.5) is 0 Å². The number of hydrogen-bond acceptors (Lipinski definition) is 2. The largest absolute Gasteiger partial charge is 0.353 e. The second kappa shape index (κ2) is 8.35. The highest BCUT2D eigenvalue weighted by molar-refractivity contribution is 14.0. The van der Waals surface area contributed by atoms with Crippen molar-refractivity contribution < 1.29 is 0 Å². The summed E-state index contributed by atoms with van der Waals surface area (Å²) in [5.74, 6) is 1.39. The van der Waals surface area contributed by atoms with Gasteiger partial charge in [0.05, 0.1) is 6.54 Å². The van der Waals surface area contributed by atoms with E-state index in [2.05, 4.69) is 46.8 Å². The summed E-state index contributed by atoms with van der Waals surface area (Å²) in [5, 5.41) is 7.67. The molecule has 124 valence electrons. The van der Waals surface area contributed by atoms with Crippen LogP contribution >= 0.6 is 46.9 Å². The summed E-state index contributed by atoms with van der Waals surface area (Å²) >= 11 is 7.88. The SMILES string of the molecule is CN=C(NCc1ccc(C)s1)NC1CC1c1cccc(Cl)c1.I. The first-order chi connectivity index (χ1) is 10.7. The predicted octanol–water partition coefficient (Wildman–Crippen LogP) is 4.55. The Morgan fingerprint density at radius 1 is 1.35 bits per heavy atom. The number of thiophene rings is 1. The van der Waals surface area contributed by atoms with Crippen molar-refractivity contribution in [2.24, 2.45) is 4.99 Å². The smallest absolute Gasteiger partial charge is 0.191 e. The Morgan fingerprint density at radius 3 is 2.83 bits per heavy atom. The van der Waals surface area contributed by atoms with Crippen LogP contribution in [0.25, 0.3) is 0 Å². The third kappa shape index (κ3) is 5.09. The van der Waals surface area contributed by atoms with Crippen LogP contribution in [-0.2, 0) is 6.54 Å². The molecule has 1 saturated carbocycles. The molecule has 6 heteroatoms. The monoisotopic (exact) mass is 461 g/mol. The zero-order valence-corrected chi connectivity index (χ0v) is 17.1. The highest BCUT2D eigenvalue weighted by Gasteiger charge is 2.39. The minimum atomic E-state index is 0. The molecule has 2 N–H and O–H groups in total. The van der Waals surface area contributed by atoms with Crippen molar-refractivity contribution in [2.75, 3.05) is 7.05 Å². The van der Waals surface area contributed by atoms with Gasteiger partial charge in [-0.25, -0.2) is 0 Å². The summed E-state index contributed by atoms with van der Waals surface area (Å²) in [5.41, 5.74) is 1.30. The third-order valence-corrected chi connectivity index (χ3v) is 5.07. The number of halogens is 2. The minimum Gasteiger partial charge on any atom is -0.353 e. The van der Waals surface area contributed by atoms with Gasteiger partial charge in [0, 0.05) is 33.8 Å². The molecule has 0 amide bonds. The number of guanidine groups is 1. The topological polar surface area (TPSA) is 36.4 Å². The van der Waals surface area contributed by atoms with Crippen LogP contribution in [0.5, 0.6) is 0 Å². The number of rotatable bonds is 4. The third-order valence-electron chi connectivity index (χ3n) is 3.84. The summed E-state index contributed by atoms with van der Waals surface area (Å²) in [6.07, 6.45) is 1.12. The van der Waals surface area contributed by atoms with E-state index in [0.717, 1.165) is 23.9 Å². The van der Waals surface area contributed by atoms with Crippen molar-refractivity contribution in [2.45, 2.75) is 31.8 Å². The number of benzene rings is 1. The van der Waals surface area contributed by atoms with Crippen LogP contribution in [0.15, 0.2) is 41.4 Å². The Labute approximate surface area is 163 Å². The number of nitrogens with one attached hydrogen (secondary N) is 2. The standard InChI is InChI=1S/C17H20ClN3S.HI/c1-11-6-7-14(22-11)10-20-17(19-2)21-16-9-15(16)12-4-3-5-13(18)8-12;/h3-8,15-16H,9-10H2,1-2H3,(H2,19,20,21);1H. The lowest BCUT2D eigenvalue weighted by Gasteiger charge is -2.11. The molecule has 0 radical (unpaired) electrons. The predicted molar refractivity (Wildman–Crippen MR) is 110 cm³/mol. The summed E-state index contributed by atoms with van der Waals surface area (Å²) in [6, 6.07) is 12.9.